The van der Waals surface area contributed by atoms with Gasteiger partial charge in [0, 0.05) is 10.4 Å². The van der Waals surface area contributed by atoms with Crippen molar-refractivity contribution in [3.05, 3.63) is 45.9 Å². The molecular formula is C13H16ClN3S. The summed E-state index contributed by atoms with van der Waals surface area (Å²) in [5, 5.41) is 10.4. The highest BCUT2D eigenvalue weighted by Crippen LogP contribution is 2.19. The number of halogens is 1. The SMILES string of the molecule is CCCNC(Cc1cccc(Cl)c1)c1csnn1. The molecule has 1 aromatic heterocycles. The Hall–Kier alpha value is -0.970. The van der Waals surface area contributed by atoms with Gasteiger partial charge in [-0.3, -0.25) is 0 Å². The second-order valence-corrected chi connectivity index (χ2v) is 5.22. The predicted octanol–water partition coefficient (Wildman–Crippen LogP) is 3.47. The Morgan fingerprint density at radius 3 is 3.00 bits per heavy atom. The molecule has 0 aliphatic heterocycles. The average Bonchev–Trinajstić information content (AvgIpc) is 2.88. The van der Waals surface area contributed by atoms with Gasteiger partial charge in [0.2, 0.25) is 0 Å². The second kappa shape index (κ2) is 6.83. The van der Waals surface area contributed by atoms with Gasteiger partial charge in [-0.25, -0.2) is 0 Å². The molecule has 1 N–H and O–H groups in total. The smallest absolute Gasteiger partial charge is 0.0928 e. The summed E-state index contributed by atoms with van der Waals surface area (Å²) >= 11 is 7.40. The first-order valence-corrected chi connectivity index (χ1v) is 7.26. The van der Waals surface area contributed by atoms with Crippen molar-refractivity contribution in [3.8, 4) is 0 Å². The number of hydrogen-bond acceptors (Lipinski definition) is 4. The molecule has 0 spiro atoms. The lowest BCUT2D eigenvalue weighted by Gasteiger charge is -2.16. The van der Waals surface area contributed by atoms with Crippen LogP contribution in [0.5, 0.6) is 0 Å². The highest BCUT2D eigenvalue weighted by molar-refractivity contribution is 7.03. The van der Waals surface area contributed by atoms with Gasteiger partial charge in [-0.15, -0.1) is 5.10 Å². The molecule has 0 fully saturated rings. The summed E-state index contributed by atoms with van der Waals surface area (Å²) in [6.07, 6.45) is 1.98. The molecule has 1 aromatic carbocycles. The van der Waals surface area contributed by atoms with Gasteiger partial charge < -0.3 is 5.32 Å². The lowest BCUT2D eigenvalue weighted by Crippen LogP contribution is -2.24. The second-order valence-electron chi connectivity index (χ2n) is 4.17. The fraction of sp³-hybridized carbons (Fsp3) is 0.385. The summed E-state index contributed by atoms with van der Waals surface area (Å²) in [6.45, 7) is 3.13. The molecule has 1 unspecified atom stereocenters. The molecule has 0 saturated heterocycles. The van der Waals surface area contributed by atoms with Crippen molar-refractivity contribution in [2.75, 3.05) is 6.54 Å². The summed E-state index contributed by atoms with van der Waals surface area (Å²) in [5.74, 6) is 0. The van der Waals surface area contributed by atoms with Crippen LogP contribution >= 0.6 is 23.1 Å². The van der Waals surface area contributed by atoms with E-state index in [-0.39, 0.29) is 6.04 Å². The van der Waals surface area contributed by atoms with Crippen LogP contribution in [0.4, 0.5) is 0 Å². The van der Waals surface area contributed by atoms with Gasteiger partial charge in [0.05, 0.1) is 11.7 Å². The minimum atomic E-state index is 0.210. The van der Waals surface area contributed by atoms with Crippen LogP contribution in [-0.4, -0.2) is 16.1 Å². The summed E-state index contributed by atoms with van der Waals surface area (Å²) in [7, 11) is 0. The number of rotatable bonds is 6. The van der Waals surface area contributed by atoms with Gasteiger partial charge in [-0.05, 0) is 48.6 Å². The fourth-order valence-electron chi connectivity index (χ4n) is 1.82. The van der Waals surface area contributed by atoms with E-state index in [0.717, 1.165) is 30.1 Å². The molecule has 2 rings (SSSR count). The lowest BCUT2D eigenvalue weighted by molar-refractivity contribution is 0.517. The zero-order chi connectivity index (χ0) is 12.8. The van der Waals surface area contributed by atoms with Crippen LogP contribution in [0, 0.1) is 0 Å². The van der Waals surface area contributed by atoms with Crippen LogP contribution in [0.1, 0.15) is 30.6 Å². The number of aromatic nitrogens is 2. The number of benzene rings is 1. The first-order chi connectivity index (χ1) is 8.79. The number of nitrogens with zero attached hydrogens (tertiary/aromatic N) is 2. The summed E-state index contributed by atoms with van der Waals surface area (Å²) in [4.78, 5) is 0. The van der Waals surface area contributed by atoms with E-state index in [2.05, 4.69) is 27.9 Å². The van der Waals surface area contributed by atoms with Crippen LogP contribution in [-0.2, 0) is 6.42 Å². The van der Waals surface area contributed by atoms with Crippen LogP contribution in [0.3, 0.4) is 0 Å². The summed E-state index contributed by atoms with van der Waals surface area (Å²) < 4.78 is 3.94. The lowest BCUT2D eigenvalue weighted by atomic mass is 10.0. The van der Waals surface area contributed by atoms with E-state index in [1.165, 1.54) is 17.1 Å². The summed E-state index contributed by atoms with van der Waals surface area (Å²) in [5.41, 5.74) is 2.22. The molecule has 96 valence electrons. The highest BCUT2D eigenvalue weighted by atomic mass is 35.5. The molecule has 3 nitrogen and oxygen atoms in total. The molecule has 1 atom stereocenters. The molecule has 1 heterocycles. The van der Waals surface area contributed by atoms with Gasteiger partial charge in [0.25, 0.3) is 0 Å². The van der Waals surface area contributed by atoms with E-state index >= 15 is 0 Å². The van der Waals surface area contributed by atoms with Crippen LogP contribution < -0.4 is 5.32 Å². The number of nitrogens with one attached hydrogen (secondary N) is 1. The van der Waals surface area contributed by atoms with Crippen molar-refractivity contribution in [3.63, 3.8) is 0 Å². The van der Waals surface area contributed by atoms with Crippen molar-refractivity contribution < 1.29 is 0 Å². The van der Waals surface area contributed by atoms with E-state index in [1.807, 2.05) is 23.6 Å². The normalized spacial score (nSPS) is 12.6. The molecule has 5 heteroatoms. The van der Waals surface area contributed by atoms with E-state index in [9.17, 15) is 0 Å². The Morgan fingerprint density at radius 2 is 2.33 bits per heavy atom. The molecule has 0 saturated carbocycles. The Bertz CT molecular complexity index is 473. The van der Waals surface area contributed by atoms with Gasteiger partial charge in [0.1, 0.15) is 0 Å². The van der Waals surface area contributed by atoms with Crippen LogP contribution in [0.25, 0.3) is 0 Å². The maximum absolute atomic E-state index is 6.01. The zero-order valence-electron chi connectivity index (χ0n) is 10.3. The van der Waals surface area contributed by atoms with E-state index in [4.69, 9.17) is 11.6 Å². The topological polar surface area (TPSA) is 37.8 Å². The number of hydrogen-bond donors (Lipinski definition) is 1. The maximum Gasteiger partial charge on any atom is 0.0928 e. The van der Waals surface area contributed by atoms with Crippen LogP contribution in [0.15, 0.2) is 29.6 Å². The van der Waals surface area contributed by atoms with Crippen LogP contribution in [0.2, 0.25) is 5.02 Å². The Morgan fingerprint density at radius 1 is 1.44 bits per heavy atom. The quantitative estimate of drug-likeness (QED) is 0.881. The molecule has 0 radical (unpaired) electrons. The fourth-order valence-corrected chi connectivity index (χ4v) is 2.54. The predicted molar refractivity (Wildman–Crippen MR) is 76.1 cm³/mol. The molecule has 18 heavy (non-hydrogen) atoms. The largest absolute Gasteiger partial charge is 0.308 e. The van der Waals surface area contributed by atoms with Crippen molar-refractivity contribution in [1.29, 1.82) is 0 Å². The van der Waals surface area contributed by atoms with Gasteiger partial charge in [-0.1, -0.05) is 35.1 Å². The monoisotopic (exact) mass is 281 g/mol. The summed E-state index contributed by atoms with van der Waals surface area (Å²) in [6, 6.07) is 8.17. The maximum atomic E-state index is 6.01. The van der Waals surface area contributed by atoms with Crippen molar-refractivity contribution >= 4 is 23.1 Å². The van der Waals surface area contributed by atoms with Crippen molar-refractivity contribution in [2.45, 2.75) is 25.8 Å². The third-order valence-electron chi connectivity index (χ3n) is 2.70. The van der Waals surface area contributed by atoms with Gasteiger partial charge >= 0.3 is 0 Å². The van der Waals surface area contributed by atoms with E-state index in [0.29, 0.717) is 0 Å². The van der Waals surface area contributed by atoms with Crippen molar-refractivity contribution in [2.24, 2.45) is 0 Å². The Kier molecular flexibility index (Phi) is 5.11. The first-order valence-electron chi connectivity index (χ1n) is 6.04. The van der Waals surface area contributed by atoms with Crippen molar-refractivity contribution in [1.82, 2.24) is 14.9 Å². The highest BCUT2D eigenvalue weighted by Gasteiger charge is 2.14. The first kappa shape index (κ1) is 13.5. The van der Waals surface area contributed by atoms with Gasteiger partial charge in [0.15, 0.2) is 0 Å². The minimum Gasteiger partial charge on any atom is -0.308 e. The Labute approximate surface area is 116 Å². The standard InChI is InChI=1S/C13H16ClN3S/c1-2-6-15-12(13-9-18-17-16-13)8-10-4-3-5-11(14)7-10/h3-5,7,9,12,15H,2,6,8H2,1H3. The van der Waals surface area contributed by atoms with E-state index < -0.39 is 0 Å². The molecule has 0 bridgehead atoms. The Balaban J connectivity index is 2.10. The van der Waals surface area contributed by atoms with E-state index in [1.54, 1.807) is 0 Å². The molecule has 0 aliphatic carbocycles. The zero-order valence-corrected chi connectivity index (χ0v) is 11.8. The third-order valence-corrected chi connectivity index (χ3v) is 3.46. The molecule has 0 aliphatic rings. The molecule has 0 amide bonds. The molecular weight excluding hydrogens is 266 g/mol. The molecule has 2 aromatic rings. The minimum absolute atomic E-state index is 0.210. The van der Waals surface area contributed by atoms with Gasteiger partial charge in [-0.2, -0.15) is 0 Å². The third kappa shape index (κ3) is 3.77. The average molecular weight is 282 g/mol.